The van der Waals surface area contributed by atoms with Crippen molar-refractivity contribution in [2.75, 3.05) is 18.4 Å². The van der Waals surface area contributed by atoms with Crippen molar-refractivity contribution >= 4 is 17.6 Å². The van der Waals surface area contributed by atoms with E-state index in [0.717, 1.165) is 36.9 Å². The van der Waals surface area contributed by atoms with Crippen molar-refractivity contribution in [2.24, 2.45) is 5.92 Å². The van der Waals surface area contributed by atoms with Crippen molar-refractivity contribution in [3.05, 3.63) is 29.3 Å². The zero-order valence-electron chi connectivity index (χ0n) is 13.9. The second kappa shape index (κ2) is 6.60. The third-order valence-electron chi connectivity index (χ3n) is 4.70. The minimum Gasteiger partial charge on any atom is -0.335 e. The van der Waals surface area contributed by atoms with Crippen molar-refractivity contribution in [3.63, 3.8) is 0 Å². The summed E-state index contributed by atoms with van der Waals surface area (Å²) in [5.74, 6) is 0.0554. The van der Waals surface area contributed by atoms with E-state index in [0.29, 0.717) is 19.1 Å². The monoisotopic (exact) mass is 315 g/mol. The molecule has 23 heavy (non-hydrogen) atoms. The molecule has 0 aromatic heterocycles. The molecule has 2 aliphatic rings. The number of likely N-dealkylation sites (tertiary alicyclic amines) is 1. The molecule has 124 valence electrons. The molecular weight excluding hydrogens is 290 g/mol. The number of piperidine rings is 1. The summed E-state index contributed by atoms with van der Waals surface area (Å²) in [7, 11) is 0. The van der Waals surface area contributed by atoms with Gasteiger partial charge in [0.05, 0.1) is 0 Å². The molecule has 2 N–H and O–H groups in total. The number of hydrogen-bond acceptors (Lipinski definition) is 2. The summed E-state index contributed by atoms with van der Waals surface area (Å²) in [6.45, 7) is 5.36. The van der Waals surface area contributed by atoms with Gasteiger partial charge in [-0.2, -0.15) is 0 Å². The van der Waals surface area contributed by atoms with Crippen LogP contribution in [-0.4, -0.2) is 36.0 Å². The quantitative estimate of drug-likeness (QED) is 0.901. The molecule has 0 spiro atoms. The van der Waals surface area contributed by atoms with E-state index in [4.69, 9.17) is 0 Å². The summed E-state index contributed by atoms with van der Waals surface area (Å²) in [4.78, 5) is 26.3. The number of benzene rings is 1. The maximum atomic E-state index is 12.4. The van der Waals surface area contributed by atoms with Crippen molar-refractivity contribution in [3.8, 4) is 0 Å². The minimum atomic E-state index is -0.0133. The lowest BCUT2D eigenvalue weighted by Gasteiger charge is -2.31. The smallest absolute Gasteiger partial charge is 0.317 e. The van der Waals surface area contributed by atoms with Gasteiger partial charge in [-0.3, -0.25) is 4.79 Å². The summed E-state index contributed by atoms with van der Waals surface area (Å²) in [5.41, 5.74) is 3.16. The van der Waals surface area contributed by atoms with Crippen LogP contribution in [0.3, 0.4) is 0 Å². The van der Waals surface area contributed by atoms with E-state index in [1.165, 1.54) is 5.56 Å². The minimum absolute atomic E-state index is 0.0133. The third kappa shape index (κ3) is 4.03. The summed E-state index contributed by atoms with van der Waals surface area (Å²) < 4.78 is 0. The van der Waals surface area contributed by atoms with Gasteiger partial charge < -0.3 is 15.5 Å². The van der Waals surface area contributed by atoms with Gasteiger partial charge in [0.1, 0.15) is 0 Å². The molecule has 1 aromatic rings. The lowest BCUT2D eigenvalue weighted by atomic mass is 9.96. The van der Waals surface area contributed by atoms with Crippen LogP contribution in [0.15, 0.2) is 18.2 Å². The average molecular weight is 315 g/mol. The first-order chi connectivity index (χ1) is 11.0. The SMILES string of the molecule is Cc1ccc(NC(=O)C2CCN(C(=O)NC3CC3)CC2)c(C)c1. The molecule has 1 aliphatic carbocycles. The Morgan fingerprint density at radius 2 is 1.78 bits per heavy atom. The summed E-state index contributed by atoms with van der Waals surface area (Å²) in [6, 6.07) is 6.45. The van der Waals surface area contributed by atoms with Crippen molar-refractivity contribution < 1.29 is 9.59 Å². The van der Waals surface area contributed by atoms with Crippen LogP contribution < -0.4 is 10.6 Å². The Bertz CT molecular complexity index is 602. The predicted octanol–water partition coefficient (Wildman–Crippen LogP) is 2.83. The van der Waals surface area contributed by atoms with E-state index in [1.807, 2.05) is 30.9 Å². The number of anilines is 1. The fraction of sp³-hybridized carbons (Fsp3) is 0.556. The molecular formula is C18H25N3O2. The molecule has 1 saturated carbocycles. The Hall–Kier alpha value is -2.04. The highest BCUT2D eigenvalue weighted by atomic mass is 16.2. The molecule has 3 amide bonds. The summed E-state index contributed by atoms with van der Waals surface area (Å²) >= 11 is 0. The molecule has 0 bridgehead atoms. The van der Waals surface area contributed by atoms with Crippen LogP contribution in [0, 0.1) is 19.8 Å². The molecule has 5 heteroatoms. The van der Waals surface area contributed by atoms with Gasteiger partial charge in [0.2, 0.25) is 5.91 Å². The van der Waals surface area contributed by atoms with Crippen molar-refractivity contribution in [2.45, 2.75) is 45.6 Å². The maximum absolute atomic E-state index is 12.4. The lowest BCUT2D eigenvalue weighted by Crippen LogP contribution is -2.46. The molecule has 3 rings (SSSR count). The number of carbonyl (C=O) groups is 2. The van der Waals surface area contributed by atoms with Gasteiger partial charge in [-0.15, -0.1) is 0 Å². The summed E-state index contributed by atoms with van der Waals surface area (Å²) in [5, 5.41) is 6.04. The van der Waals surface area contributed by atoms with E-state index >= 15 is 0 Å². The second-order valence-corrected chi connectivity index (χ2v) is 6.79. The number of nitrogens with zero attached hydrogens (tertiary/aromatic N) is 1. The van der Waals surface area contributed by atoms with Crippen LogP contribution in [0.2, 0.25) is 0 Å². The molecule has 2 fully saturated rings. The van der Waals surface area contributed by atoms with Gasteiger partial charge >= 0.3 is 6.03 Å². The standard InChI is InChI=1S/C18H25N3O2/c1-12-3-6-16(13(2)11-12)20-17(22)14-7-9-21(10-8-14)18(23)19-15-4-5-15/h3,6,11,14-15H,4-5,7-10H2,1-2H3,(H,19,23)(H,20,22). The highest BCUT2D eigenvalue weighted by Gasteiger charge is 2.30. The van der Waals surface area contributed by atoms with Gasteiger partial charge in [-0.05, 0) is 51.2 Å². The van der Waals surface area contributed by atoms with Gasteiger partial charge in [0.25, 0.3) is 0 Å². The van der Waals surface area contributed by atoms with Gasteiger partial charge in [0, 0.05) is 30.7 Å². The third-order valence-corrected chi connectivity index (χ3v) is 4.70. The normalized spacial score (nSPS) is 18.6. The molecule has 1 heterocycles. The van der Waals surface area contributed by atoms with Gasteiger partial charge in [-0.25, -0.2) is 4.79 Å². The first-order valence-corrected chi connectivity index (χ1v) is 8.46. The average Bonchev–Trinajstić information content (AvgIpc) is 3.34. The fourth-order valence-corrected chi connectivity index (χ4v) is 3.03. The zero-order valence-corrected chi connectivity index (χ0v) is 13.9. The van der Waals surface area contributed by atoms with E-state index < -0.39 is 0 Å². The van der Waals surface area contributed by atoms with Crippen LogP contribution in [0.25, 0.3) is 0 Å². The van der Waals surface area contributed by atoms with Gasteiger partial charge in [0.15, 0.2) is 0 Å². The number of urea groups is 1. The Morgan fingerprint density at radius 3 is 2.39 bits per heavy atom. The largest absolute Gasteiger partial charge is 0.335 e. The molecule has 0 radical (unpaired) electrons. The zero-order chi connectivity index (χ0) is 16.4. The number of aryl methyl sites for hydroxylation is 2. The van der Waals surface area contributed by atoms with E-state index in [9.17, 15) is 9.59 Å². The van der Waals surface area contributed by atoms with Crippen LogP contribution in [-0.2, 0) is 4.79 Å². The Balaban J connectivity index is 1.50. The highest BCUT2D eigenvalue weighted by molar-refractivity contribution is 5.93. The molecule has 0 unspecified atom stereocenters. The van der Waals surface area contributed by atoms with Gasteiger partial charge in [-0.1, -0.05) is 17.7 Å². The van der Waals surface area contributed by atoms with Crippen LogP contribution in [0.4, 0.5) is 10.5 Å². The Labute approximate surface area is 137 Å². The molecule has 1 aromatic carbocycles. The van der Waals surface area contributed by atoms with E-state index in [1.54, 1.807) is 0 Å². The topological polar surface area (TPSA) is 61.4 Å². The number of hydrogen-bond donors (Lipinski definition) is 2. The first kappa shape index (κ1) is 15.8. The fourth-order valence-electron chi connectivity index (χ4n) is 3.03. The lowest BCUT2D eigenvalue weighted by molar-refractivity contribution is -0.121. The van der Waals surface area contributed by atoms with Crippen molar-refractivity contribution in [1.29, 1.82) is 0 Å². The van der Waals surface area contributed by atoms with Crippen molar-refractivity contribution in [1.82, 2.24) is 10.2 Å². The number of nitrogens with one attached hydrogen (secondary N) is 2. The molecule has 0 atom stereocenters. The number of rotatable bonds is 3. The maximum Gasteiger partial charge on any atom is 0.317 e. The van der Waals surface area contributed by atoms with Crippen LogP contribution in [0.5, 0.6) is 0 Å². The predicted molar refractivity (Wildman–Crippen MR) is 90.4 cm³/mol. The summed E-state index contributed by atoms with van der Waals surface area (Å²) in [6.07, 6.45) is 3.66. The second-order valence-electron chi connectivity index (χ2n) is 6.79. The van der Waals surface area contributed by atoms with E-state index in [-0.39, 0.29) is 17.9 Å². The highest BCUT2D eigenvalue weighted by Crippen LogP contribution is 2.23. The molecule has 5 nitrogen and oxygen atoms in total. The molecule has 1 aliphatic heterocycles. The van der Waals surface area contributed by atoms with Crippen LogP contribution in [0.1, 0.15) is 36.8 Å². The Morgan fingerprint density at radius 1 is 1.09 bits per heavy atom. The van der Waals surface area contributed by atoms with Crippen LogP contribution >= 0.6 is 0 Å². The van der Waals surface area contributed by atoms with E-state index in [2.05, 4.69) is 16.7 Å². The number of carbonyl (C=O) groups excluding carboxylic acids is 2. The Kier molecular flexibility index (Phi) is 4.55. The molecule has 1 saturated heterocycles. The number of amides is 3. The first-order valence-electron chi connectivity index (χ1n) is 8.46.